The van der Waals surface area contributed by atoms with Crippen LogP contribution in [0.2, 0.25) is 0 Å². The van der Waals surface area contributed by atoms with Crippen molar-refractivity contribution < 1.29 is 35.9 Å². The molecule has 0 saturated carbocycles. The highest BCUT2D eigenvalue weighted by Crippen LogP contribution is 2.39. The number of amides is 2. The molecule has 2 aromatic rings. The minimum absolute atomic E-state index is 0.0552. The Morgan fingerprint density at radius 3 is 2.24 bits per heavy atom. The van der Waals surface area contributed by atoms with Crippen molar-refractivity contribution >= 4 is 17.8 Å². The molecule has 0 aromatic carbocycles. The number of aromatic amines is 1. The van der Waals surface area contributed by atoms with Crippen molar-refractivity contribution in [2.24, 2.45) is 0 Å². The summed E-state index contributed by atoms with van der Waals surface area (Å²) in [7, 11) is 1.36. The summed E-state index contributed by atoms with van der Waals surface area (Å²) >= 11 is 0. The molecule has 1 aliphatic carbocycles. The standard InChI is InChI=1S/C21H21F6N7O3/c1-32(13-3-2-12-16(21(25,26)27)18(37)31-30-17(12)13)14(35)8-15(36)33-4-6-34(7-5-33)19-28-9-11(10-29-19)20(22,23)24/h9-10,13H,2-8H2,1H3,(H,31,37)/t13-/m1/s1. The number of alkyl halides is 6. The smallest absolute Gasteiger partial charge is 0.339 e. The van der Waals surface area contributed by atoms with Gasteiger partial charge in [0, 0.05) is 45.6 Å². The number of anilines is 1. The number of hydrogen-bond acceptors (Lipinski definition) is 7. The van der Waals surface area contributed by atoms with Crippen LogP contribution in [0.5, 0.6) is 0 Å². The van der Waals surface area contributed by atoms with E-state index in [0.29, 0.717) is 12.4 Å². The van der Waals surface area contributed by atoms with Crippen molar-refractivity contribution in [3.8, 4) is 0 Å². The quantitative estimate of drug-likeness (QED) is 0.471. The zero-order valence-corrected chi connectivity index (χ0v) is 19.4. The van der Waals surface area contributed by atoms with Gasteiger partial charge in [-0.15, -0.1) is 0 Å². The van der Waals surface area contributed by atoms with E-state index in [0.717, 1.165) is 4.90 Å². The first-order valence-corrected chi connectivity index (χ1v) is 11.1. The Balaban J connectivity index is 1.35. The molecule has 200 valence electrons. The predicted octanol–water partition coefficient (Wildman–Crippen LogP) is 1.78. The molecule has 1 N–H and O–H groups in total. The highest BCUT2D eigenvalue weighted by Gasteiger charge is 2.43. The van der Waals surface area contributed by atoms with E-state index in [1.54, 1.807) is 4.90 Å². The summed E-state index contributed by atoms with van der Waals surface area (Å²) in [6.07, 6.45) is -8.58. The number of nitrogens with one attached hydrogen (secondary N) is 1. The maximum atomic E-state index is 13.3. The van der Waals surface area contributed by atoms with Crippen molar-refractivity contribution in [2.45, 2.75) is 37.7 Å². The molecule has 4 rings (SSSR count). The van der Waals surface area contributed by atoms with Crippen molar-refractivity contribution in [3.63, 3.8) is 0 Å². The van der Waals surface area contributed by atoms with Gasteiger partial charge in [0.2, 0.25) is 17.8 Å². The first-order chi connectivity index (χ1) is 17.3. The van der Waals surface area contributed by atoms with Crippen molar-refractivity contribution in [1.82, 2.24) is 30.0 Å². The molecule has 1 fully saturated rings. The van der Waals surface area contributed by atoms with E-state index in [1.165, 1.54) is 11.9 Å². The summed E-state index contributed by atoms with van der Waals surface area (Å²) < 4.78 is 78.1. The van der Waals surface area contributed by atoms with Gasteiger partial charge in [0.25, 0.3) is 5.56 Å². The van der Waals surface area contributed by atoms with Gasteiger partial charge in [-0.05, 0) is 18.4 Å². The fraction of sp³-hybridized carbons (Fsp3) is 0.524. The Bertz CT molecular complexity index is 1240. The molecule has 0 radical (unpaired) electrons. The van der Waals surface area contributed by atoms with E-state index in [1.807, 2.05) is 5.10 Å². The van der Waals surface area contributed by atoms with Gasteiger partial charge in [0.1, 0.15) is 12.0 Å². The van der Waals surface area contributed by atoms with Crippen LogP contribution in [0.25, 0.3) is 0 Å². The lowest BCUT2D eigenvalue weighted by atomic mass is 10.1. The highest BCUT2D eigenvalue weighted by molar-refractivity contribution is 5.97. The molecule has 3 heterocycles. The van der Waals surface area contributed by atoms with Gasteiger partial charge >= 0.3 is 12.4 Å². The summed E-state index contributed by atoms with van der Waals surface area (Å²) in [5.41, 5.74) is -3.97. The fourth-order valence-corrected chi connectivity index (χ4v) is 4.45. The number of nitrogens with zero attached hydrogens (tertiary/aromatic N) is 6. The lowest BCUT2D eigenvalue weighted by Crippen LogP contribution is -2.50. The number of aromatic nitrogens is 4. The Hall–Kier alpha value is -3.72. The number of carbonyl (C=O) groups excluding carboxylic acids is 2. The molecule has 0 bridgehead atoms. The molecule has 2 aromatic heterocycles. The van der Waals surface area contributed by atoms with E-state index in [4.69, 9.17) is 0 Å². The largest absolute Gasteiger partial charge is 0.422 e. The summed E-state index contributed by atoms with van der Waals surface area (Å²) in [6, 6.07) is -0.832. The lowest BCUT2D eigenvalue weighted by Gasteiger charge is -2.35. The average molecular weight is 533 g/mol. The summed E-state index contributed by atoms with van der Waals surface area (Å²) in [6.45, 7) is 0.803. The number of halogens is 6. The second-order valence-electron chi connectivity index (χ2n) is 8.66. The minimum Gasteiger partial charge on any atom is -0.339 e. The highest BCUT2D eigenvalue weighted by atomic mass is 19.4. The topological polar surface area (TPSA) is 115 Å². The Morgan fingerprint density at radius 1 is 1.05 bits per heavy atom. The number of rotatable bonds is 4. The van der Waals surface area contributed by atoms with Crippen LogP contribution in [0.3, 0.4) is 0 Å². The van der Waals surface area contributed by atoms with Crippen molar-refractivity contribution in [2.75, 3.05) is 38.1 Å². The van der Waals surface area contributed by atoms with Crippen molar-refractivity contribution in [3.05, 3.63) is 45.1 Å². The fourth-order valence-electron chi connectivity index (χ4n) is 4.45. The van der Waals surface area contributed by atoms with Crippen LogP contribution in [-0.4, -0.2) is 75.0 Å². The molecule has 1 saturated heterocycles. The van der Waals surface area contributed by atoms with Crippen LogP contribution in [0.15, 0.2) is 17.2 Å². The van der Waals surface area contributed by atoms with E-state index in [-0.39, 0.29) is 56.2 Å². The van der Waals surface area contributed by atoms with Gasteiger partial charge in [-0.1, -0.05) is 0 Å². The van der Waals surface area contributed by atoms with Gasteiger partial charge in [0.05, 0.1) is 17.3 Å². The maximum absolute atomic E-state index is 13.3. The monoisotopic (exact) mass is 533 g/mol. The normalized spacial score (nSPS) is 18.1. The first kappa shape index (κ1) is 26.3. The van der Waals surface area contributed by atoms with Gasteiger partial charge in [0.15, 0.2) is 0 Å². The molecule has 37 heavy (non-hydrogen) atoms. The van der Waals surface area contributed by atoms with E-state index in [2.05, 4.69) is 15.1 Å². The third-order valence-electron chi connectivity index (χ3n) is 6.43. The molecule has 0 unspecified atom stereocenters. The predicted molar refractivity (Wildman–Crippen MR) is 114 cm³/mol. The van der Waals surface area contributed by atoms with E-state index >= 15 is 0 Å². The Kier molecular flexibility index (Phi) is 6.85. The summed E-state index contributed by atoms with van der Waals surface area (Å²) in [4.78, 5) is 48.8. The van der Waals surface area contributed by atoms with Crippen LogP contribution in [0.1, 0.15) is 41.3 Å². The second kappa shape index (κ2) is 9.63. The van der Waals surface area contributed by atoms with Gasteiger partial charge in [-0.3, -0.25) is 14.4 Å². The van der Waals surface area contributed by atoms with Crippen LogP contribution >= 0.6 is 0 Å². The zero-order chi connectivity index (χ0) is 27.1. The van der Waals surface area contributed by atoms with E-state index in [9.17, 15) is 40.7 Å². The number of piperazine rings is 1. The molecule has 0 spiro atoms. The summed E-state index contributed by atoms with van der Waals surface area (Å²) in [5.74, 6) is -1.05. The van der Waals surface area contributed by atoms with Crippen molar-refractivity contribution in [1.29, 1.82) is 0 Å². The molecule has 2 amide bonds. The van der Waals surface area contributed by atoms with Crippen LogP contribution < -0.4 is 10.5 Å². The molecule has 1 atom stereocenters. The molecule has 2 aliphatic rings. The molecule has 1 aliphatic heterocycles. The zero-order valence-electron chi connectivity index (χ0n) is 19.4. The SMILES string of the molecule is CN(C(=O)CC(=O)N1CCN(c2ncc(C(F)(F)F)cn2)CC1)[C@@H]1CCc2c1n[nH]c(=O)c2C(F)(F)F. The summed E-state index contributed by atoms with van der Waals surface area (Å²) in [5, 5.41) is 5.58. The number of hydrogen-bond donors (Lipinski definition) is 1. The van der Waals surface area contributed by atoms with E-state index < -0.39 is 53.3 Å². The van der Waals surface area contributed by atoms with Crippen LogP contribution in [-0.2, 0) is 28.4 Å². The number of carbonyl (C=O) groups is 2. The third-order valence-corrected chi connectivity index (χ3v) is 6.43. The molecular weight excluding hydrogens is 512 g/mol. The molecule has 16 heteroatoms. The molecular formula is C21H21F6N7O3. The number of H-pyrrole nitrogens is 1. The third kappa shape index (κ3) is 5.36. The minimum atomic E-state index is -4.87. The van der Waals surface area contributed by atoms with Gasteiger partial charge < -0.3 is 14.7 Å². The van der Waals surface area contributed by atoms with Crippen LogP contribution in [0, 0.1) is 0 Å². The maximum Gasteiger partial charge on any atom is 0.422 e. The second-order valence-corrected chi connectivity index (χ2v) is 8.66. The van der Waals surface area contributed by atoms with Gasteiger partial charge in [-0.2, -0.15) is 31.4 Å². The van der Waals surface area contributed by atoms with Crippen LogP contribution in [0.4, 0.5) is 32.3 Å². The Labute approximate surface area is 205 Å². The Morgan fingerprint density at radius 2 is 1.68 bits per heavy atom. The lowest BCUT2D eigenvalue weighted by molar-refractivity contribution is -0.141. The average Bonchev–Trinajstić information content (AvgIpc) is 3.25. The number of fused-ring (bicyclic) bond motifs is 1. The van der Waals surface area contributed by atoms with Gasteiger partial charge in [-0.25, -0.2) is 15.1 Å². The molecule has 10 nitrogen and oxygen atoms in total. The first-order valence-electron chi connectivity index (χ1n) is 11.1.